The number of halogens is 1. The van der Waals surface area contributed by atoms with Crippen LogP contribution in [0.1, 0.15) is 31.1 Å². The molecular weight excluding hydrogens is 282 g/mol. The van der Waals surface area contributed by atoms with Gasteiger partial charge in [0.2, 0.25) is 0 Å². The van der Waals surface area contributed by atoms with Crippen LogP contribution in [0.15, 0.2) is 15.7 Å². The van der Waals surface area contributed by atoms with Crippen molar-refractivity contribution in [2.45, 2.75) is 31.0 Å². The number of nitrogens with zero attached hydrogens (tertiary/aromatic N) is 1. The number of rotatable bonds is 4. The van der Waals surface area contributed by atoms with Gasteiger partial charge < -0.3 is 4.90 Å². The Bertz CT molecular complexity index is 507. The lowest BCUT2D eigenvalue weighted by molar-refractivity contribution is 0.0717. The van der Waals surface area contributed by atoms with Crippen molar-refractivity contribution in [3.8, 4) is 0 Å². The van der Waals surface area contributed by atoms with E-state index in [1.54, 1.807) is 4.90 Å². The minimum atomic E-state index is -3.75. The van der Waals surface area contributed by atoms with Gasteiger partial charge in [0, 0.05) is 28.6 Å². The summed E-state index contributed by atoms with van der Waals surface area (Å²) in [6.07, 6.45) is 0. The molecule has 0 unspecified atom stereocenters. The molecule has 1 aromatic heterocycles. The Morgan fingerprint density at radius 1 is 1.53 bits per heavy atom. The van der Waals surface area contributed by atoms with Crippen LogP contribution < -0.4 is 0 Å². The molecule has 0 bridgehead atoms. The molecule has 0 aliphatic heterocycles. The minimum absolute atomic E-state index is 0.00215. The lowest BCUT2D eigenvalue weighted by Crippen LogP contribution is -2.36. The Morgan fingerprint density at radius 3 is 2.47 bits per heavy atom. The second kappa shape index (κ2) is 5.37. The molecule has 0 saturated heterocycles. The first-order valence-electron chi connectivity index (χ1n) is 5.11. The maximum Gasteiger partial charge on any atom is 0.270 e. The fourth-order valence-corrected chi connectivity index (χ4v) is 3.41. The molecule has 0 aliphatic carbocycles. The van der Waals surface area contributed by atoms with Gasteiger partial charge in [-0.15, -0.1) is 11.3 Å². The number of carbonyl (C=O) groups excluding carboxylic acids is 1. The van der Waals surface area contributed by atoms with Crippen LogP contribution >= 0.6 is 22.0 Å². The summed E-state index contributed by atoms with van der Waals surface area (Å²) >= 11 is 0.957. The van der Waals surface area contributed by atoms with Gasteiger partial charge in [-0.3, -0.25) is 4.79 Å². The molecule has 17 heavy (non-hydrogen) atoms. The van der Waals surface area contributed by atoms with Crippen LogP contribution in [0, 0.1) is 0 Å². The van der Waals surface area contributed by atoms with Crippen molar-refractivity contribution in [2.24, 2.45) is 0 Å². The average Bonchev–Trinajstić information content (AvgIpc) is 2.65. The quantitative estimate of drug-likeness (QED) is 0.802. The molecule has 0 N–H and O–H groups in total. The summed E-state index contributed by atoms with van der Waals surface area (Å²) in [4.78, 5) is 13.7. The summed E-state index contributed by atoms with van der Waals surface area (Å²) in [5.74, 6) is -0.176. The van der Waals surface area contributed by atoms with Gasteiger partial charge in [0.15, 0.2) is 0 Å². The normalized spacial score (nSPS) is 11.8. The van der Waals surface area contributed by atoms with Crippen LogP contribution in [-0.2, 0) is 9.05 Å². The van der Waals surface area contributed by atoms with Crippen LogP contribution in [0.5, 0.6) is 0 Å². The molecule has 0 spiro atoms. The van der Waals surface area contributed by atoms with Crippen LogP contribution in [0.4, 0.5) is 0 Å². The number of hydrogen-bond donors (Lipinski definition) is 0. The molecule has 1 rings (SSSR count). The zero-order valence-electron chi connectivity index (χ0n) is 9.81. The zero-order chi connectivity index (χ0) is 13.2. The number of thiophene rings is 1. The molecule has 0 atom stereocenters. The van der Waals surface area contributed by atoms with Crippen LogP contribution in [0.25, 0.3) is 0 Å². The largest absolute Gasteiger partial charge is 0.336 e. The van der Waals surface area contributed by atoms with Gasteiger partial charge in [0.25, 0.3) is 15.0 Å². The van der Waals surface area contributed by atoms with E-state index in [2.05, 4.69) is 0 Å². The van der Waals surface area contributed by atoms with Gasteiger partial charge >= 0.3 is 0 Å². The minimum Gasteiger partial charge on any atom is -0.336 e. The Kier molecular flexibility index (Phi) is 4.57. The lowest BCUT2D eigenvalue weighted by atomic mass is 10.2. The molecule has 7 heteroatoms. The molecule has 96 valence electrons. The first kappa shape index (κ1) is 14.5. The lowest BCUT2D eigenvalue weighted by Gasteiger charge is -2.24. The monoisotopic (exact) mass is 295 g/mol. The van der Waals surface area contributed by atoms with E-state index in [1.807, 2.05) is 20.8 Å². The van der Waals surface area contributed by atoms with Crippen molar-refractivity contribution in [3.63, 3.8) is 0 Å². The Morgan fingerprint density at radius 2 is 2.12 bits per heavy atom. The molecule has 1 heterocycles. The highest BCUT2D eigenvalue weighted by molar-refractivity contribution is 8.15. The Hall–Kier alpha value is -0.590. The molecule has 0 radical (unpaired) electrons. The van der Waals surface area contributed by atoms with Crippen molar-refractivity contribution in [1.82, 2.24) is 4.90 Å². The molecule has 0 aromatic carbocycles. The third kappa shape index (κ3) is 3.43. The van der Waals surface area contributed by atoms with E-state index >= 15 is 0 Å². The molecule has 0 saturated carbocycles. The van der Waals surface area contributed by atoms with E-state index in [0.717, 1.165) is 11.3 Å². The highest BCUT2D eigenvalue weighted by atomic mass is 35.7. The van der Waals surface area contributed by atoms with Crippen molar-refractivity contribution < 1.29 is 13.2 Å². The van der Waals surface area contributed by atoms with Crippen molar-refractivity contribution in [1.29, 1.82) is 0 Å². The first-order chi connectivity index (χ1) is 7.77. The van der Waals surface area contributed by atoms with E-state index in [4.69, 9.17) is 10.7 Å². The molecule has 0 fully saturated rings. The fourth-order valence-electron chi connectivity index (χ4n) is 1.47. The zero-order valence-corrected chi connectivity index (χ0v) is 12.2. The van der Waals surface area contributed by atoms with Gasteiger partial charge in [-0.05, 0) is 26.8 Å². The van der Waals surface area contributed by atoms with Crippen LogP contribution in [0.3, 0.4) is 0 Å². The van der Waals surface area contributed by atoms with Crippen LogP contribution in [-0.4, -0.2) is 31.8 Å². The summed E-state index contributed by atoms with van der Waals surface area (Å²) in [6.45, 7) is 6.28. The van der Waals surface area contributed by atoms with Crippen LogP contribution in [0.2, 0.25) is 0 Å². The summed E-state index contributed by atoms with van der Waals surface area (Å²) in [5.41, 5.74) is 0.366. The highest BCUT2D eigenvalue weighted by Crippen LogP contribution is 2.24. The molecular formula is C10H14ClNO3S2. The van der Waals surface area contributed by atoms with E-state index in [0.29, 0.717) is 12.1 Å². The molecule has 4 nitrogen and oxygen atoms in total. The maximum atomic E-state index is 12.1. The van der Waals surface area contributed by atoms with E-state index in [-0.39, 0.29) is 16.2 Å². The molecule has 1 aromatic rings. The standard InChI is InChI=1S/C10H14ClNO3S2/c1-4-12(7(2)3)10(13)8-5-9(16-6-8)17(11,14)15/h5-7H,4H2,1-3H3. The second-order valence-electron chi connectivity index (χ2n) is 3.78. The summed E-state index contributed by atoms with van der Waals surface area (Å²) < 4.78 is 22.2. The first-order valence-corrected chi connectivity index (χ1v) is 8.30. The van der Waals surface area contributed by atoms with E-state index < -0.39 is 9.05 Å². The summed E-state index contributed by atoms with van der Waals surface area (Å²) in [5, 5.41) is 1.52. The Labute approximate surface area is 110 Å². The second-order valence-corrected chi connectivity index (χ2v) is 7.48. The molecule has 1 amide bonds. The predicted octanol–water partition coefficient (Wildman–Crippen LogP) is 2.55. The number of carbonyl (C=O) groups is 1. The smallest absolute Gasteiger partial charge is 0.270 e. The van der Waals surface area contributed by atoms with Crippen molar-refractivity contribution >= 4 is 37.0 Å². The third-order valence-electron chi connectivity index (χ3n) is 2.29. The van der Waals surface area contributed by atoms with Gasteiger partial charge in [0.1, 0.15) is 4.21 Å². The topological polar surface area (TPSA) is 54.5 Å². The highest BCUT2D eigenvalue weighted by Gasteiger charge is 2.21. The summed E-state index contributed by atoms with van der Waals surface area (Å²) in [6, 6.07) is 1.39. The SMILES string of the molecule is CCN(C(=O)c1csc(S(=O)(=O)Cl)c1)C(C)C. The summed E-state index contributed by atoms with van der Waals surface area (Å²) in [7, 11) is 1.46. The maximum absolute atomic E-state index is 12.1. The number of hydrogen-bond acceptors (Lipinski definition) is 4. The van der Waals surface area contributed by atoms with E-state index in [1.165, 1.54) is 11.4 Å². The van der Waals surface area contributed by atoms with Gasteiger partial charge in [0.05, 0.1) is 5.56 Å². The van der Waals surface area contributed by atoms with Crippen molar-refractivity contribution in [3.05, 3.63) is 17.0 Å². The average molecular weight is 296 g/mol. The molecule has 0 aliphatic rings. The van der Waals surface area contributed by atoms with Crippen molar-refractivity contribution in [2.75, 3.05) is 6.54 Å². The van der Waals surface area contributed by atoms with E-state index in [9.17, 15) is 13.2 Å². The van der Waals surface area contributed by atoms with Gasteiger partial charge in [-0.2, -0.15) is 0 Å². The number of amides is 1. The predicted molar refractivity (Wildman–Crippen MR) is 69.2 cm³/mol. The van der Waals surface area contributed by atoms with Gasteiger partial charge in [-0.25, -0.2) is 8.42 Å². The fraction of sp³-hybridized carbons (Fsp3) is 0.500. The Balaban J connectivity index is 3.02. The van der Waals surface area contributed by atoms with Gasteiger partial charge in [-0.1, -0.05) is 0 Å². The third-order valence-corrected chi connectivity index (χ3v) is 5.33.